The maximum Gasteiger partial charge on any atom is 0.295 e. The summed E-state index contributed by atoms with van der Waals surface area (Å²) in [5.74, 6) is -1.45. The third-order valence-electron chi connectivity index (χ3n) is 5.68. The number of non-ortho nitro benzene ring substituents is 1. The van der Waals surface area contributed by atoms with Crippen molar-refractivity contribution in [3.8, 4) is 5.75 Å². The number of carbonyl (C=O) groups is 2. The molecule has 0 saturated carbocycles. The molecule has 2 aromatic carbocycles. The predicted molar refractivity (Wildman–Crippen MR) is 123 cm³/mol. The minimum Gasteiger partial charge on any atom is -0.507 e. The lowest BCUT2D eigenvalue weighted by Crippen LogP contribution is -2.29. The molecule has 1 aliphatic rings. The molecule has 1 fully saturated rings. The molecule has 0 radical (unpaired) electrons. The van der Waals surface area contributed by atoms with Crippen molar-refractivity contribution in [3.63, 3.8) is 0 Å². The van der Waals surface area contributed by atoms with Gasteiger partial charge in [-0.05, 0) is 47.9 Å². The lowest BCUT2D eigenvalue weighted by atomic mass is 9.94. The number of nitrogens with zero attached hydrogens (tertiary/aromatic N) is 3. The van der Waals surface area contributed by atoms with Crippen LogP contribution in [0.1, 0.15) is 28.3 Å². The van der Waals surface area contributed by atoms with Gasteiger partial charge >= 0.3 is 0 Å². The zero-order chi connectivity index (χ0) is 24.4. The minimum atomic E-state index is -1.03. The molecular weight excluding hydrogens is 438 g/mol. The van der Waals surface area contributed by atoms with Gasteiger partial charge in [0.25, 0.3) is 17.4 Å². The average molecular weight is 459 g/mol. The normalized spacial score (nSPS) is 17.1. The molecule has 1 amide bonds. The number of hydrogen-bond donors (Lipinski definition) is 1. The Morgan fingerprint density at radius 1 is 1.18 bits per heavy atom. The van der Waals surface area contributed by atoms with Crippen molar-refractivity contribution in [2.24, 2.45) is 0 Å². The number of carbonyl (C=O) groups excluding carboxylic acids is 2. The van der Waals surface area contributed by atoms with Gasteiger partial charge in [0.1, 0.15) is 11.5 Å². The molecule has 1 saturated heterocycles. The fourth-order valence-electron chi connectivity index (χ4n) is 4.07. The highest BCUT2D eigenvalue weighted by Gasteiger charge is 2.46. The number of aromatic nitrogens is 1. The van der Waals surface area contributed by atoms with Gasteiger partial charge in [-0.25, -0.2) is 0 Å². The second kappa shape index (κ2) is 9.14. The highest BCUT2D eigenvalue weighted by atomic mass is 16.6. The number of rotatable bonds is 6. The molecule has 1 aliphatic heterocycles. The molecular formula is C25H21N3O6. The minimum absolute atomic E-state index is 0.0319. The number of likely N-dealkylation sites (tertiary alicyclic amines) is 1. The monoisotopic (exact) mass is 459 g/mol. The number of nitro groups is 1. The molecule has 2 heterocycles. The zero-order valence-corrected chi connectivity index (χ0v) is 18.5. The number of hydrogen-bond acceptors (Lipinski definition) is 7. The molecule has 0 spiro atoms. The van der Waals surface area contributed by atoms with Gasteiger partial charge in [-0.2, -0.15) is 0 Å². The first-order valence-electron chi connectivity index (χ1n) is 10.4. The molecule has 1 N–H and O–H groups in total. The number of Topliss-reactive ketones (excluding diaryl/α,β-unsaturated/α-hetero) is 1. The number of ketones is 1. The predicted octanol–water partition coefficient (Wildman–Crippen LogP) is 3.93. The molecule has 9 nitrogen and oxygen atoms in total. The number of aryl methyl sites for hydroxylation is 1. The Bertz CT molecular complexity index is 1320. The number of methoxy groups -OCH3 is 1. The summed E-state index contributed by atoms with van der Waals surface area (Å²) in [6.07, 6.45) is 3.15. The van der Waals surface area contributed by atoms with Crippen LogP contribution in [0.3, 0.4) is 0 Å². The summed E-state index contributed by atoms with van der Waals surface area (Å²) in [4.78, 5) is 42.4. The third-order valence-corrected chi connectivity index (χ3v) is 5.68. The van der Waals surface area contributed by atoms with E-state index in [0.29, 0.717) is 22.4 Å². The van der Waals surface area contributed by atoms with Crippen LogP contribution < -0.4 is 4.74 Å². The number of aliphatic hydroxyl groups excluding tert-OH is 1. The van der Waals surface area contributed by atoms with Gasteiger partial charge in [-0.1, -0.05) is 18.2 Å². The fourth-order valence-corrected chi connectivity index (χ4v) is 4.07. The van der Waals surface area contributed by atoms with E-state index in [9.17, 15) is 24.8 Å². The second-order valence-electron chi connectivity index (χ2n) is 7.82. The Morgan fingerprint density at radius 3 is 2.62 bits per heavy atom. The van der Waals surface area contributed by atoms with Crippen LogP contribution in [0.25, 0.3) is 5.76 Å². The average Bonchev–Trinajstić information content (AvgIpc) is 3.09. The Kier molecular flexibility index (Phi) is 6.09. The van der Waals surface area contributed by atoms with Crippen LogP contribution in [0, 0.1) is 17.0 Å². The molecule has 3 aromatic rings. The Morgan fingerprint density at radius 2 is 1.97 bits per heavy atom. The van der Waals surface area contributed by atoms with E-state index in [-0.39, 0.29) is 23.6 Å². The Labute approximate surface area is 195 Å². The number of benzene rings is 2. The van der Waals surface area contributed by atoms with Gasteiger partial charge in [0.05, 0.1) is 23.6 Å². The van der Waals surface area contributed by atoms with Crippen molar-refractivity contribution < 1.29 is 24.4 Å². The van der Waals surface area contributed by atoms with Crippen LogP contribution in [-0.4, -0.2) is 38.7 Å². The van der Waals surface area contributed by atoms with E-state index in [1.165, 1.54) is 30.2 Å². The van der Waals surface area contributed by atoms with Crippen molar-refractivity contribution in [2.75, 3.05) is 7.11 Å². The van der Waals surface area contributed by atoms with Crippen LogP contribution in [0.5, 0.6) is 5.75 Å². The number of aliphatic hydroxyl groups is 1. The van der Waals surface area contributed by atoms with Crippen LogP contribution in [-0.2, 0) is 16.1 Å². The van der Waals surface area contributed by atoms with Crippen LogP contribution in [0.4, 0.5) is 5.69 Å². The topological polar surface area (TPSA) is 123 Å². The van der Waals surface area contributed by atoms with Crippen LogP contribution >= 0.6 is 0 Å². The summed E-state index contributed by atoms with van der Waals surface area (Å²) in [6, 6.07) is 13.0. The SMILES string of the molecule is COc1ccc(C(O)=C2C(=O)C(=O)N(Cc3cccnc3)[C@@H]2c2cccc([N+](=O)[O-])c2)cc1C. The molecule has 9 heteroatoms. The van der Waals surface area contributed by atoms with E-state index >= 15 is 0 Å². The van der Waals surface area contributed by atoms with E-state index in [2.05, 4.69) is 4.98 Å². The zero-order valence-electron chi connectivity index (χ0n) is 18.5. The molecule has 0 aliphatic carbocycles. The maximum absolute atomic E-state index is 13.1. The first-order valence-corrected chi connectivity index (χ1v) is 10.4. The number of nitro benzene ring substituents is 1. The second-order valence-corrected chi connectivity index (χ2v) is 7.82. The number of ether oxygens (including phenoxy) is 1. The molecule has 1 aromatic heterocycles. The quantitative estimate of drug-likeness (QED) is 0.195. The summed E-state index contributed by atoms with van der Waals surface area (Å²) in [5, 5.41) is 22.6. The first-order chi connectivity index (χ1) is 16.3. The van der Waals surface area contributed by atoms with E-state index in [0.717, 1.165) is 5.56 Å². The van der Waals surface area contributed by atoms with E-state index in [1.54, 1.807) is 55.7 Å². The van der Waals surface area contributed by atoms with Crippen molar-refractivity contribution in [1.29, 1.82) is 0 Å². The Hall–Kier alpha value is -4.53. The standard InChI is InChI=1S/C25H21N3O6/c1-15-11-18(8-9-20(15)34-2)23(29)21-22(17-6-3-7-19(12-17)28(32)33)27(25(31)24(21)30)14-16-5-4-10-26-13-16/h3-13,22,29H,14H2,1-2H3/t22-/m1/s1. The van der Waals surface area contributed by atoms with Crippen molar-refractivity contribution >= 4 is 23.1 Å². The van der Waals surface area contributed by atoms with Crippen molar-refractivity contribution in [3.05, 3.63) is 105 Å². The summed E-state index contributed by atoms with van der Waals surface area (Å²) >= 11 is 0. The van der Waals surface area contributed by atoms with Crippen LogP contribution in [0.2, 0.25) is 0 Å². The van der Waals surface area contributed by atoms with Gasteiger partial charge in [0.15, 0.2) is 0 Å². The molecule has 1 atom stereocenters. The van der Waals surface area contributed by atoms with Crippen LogP contribution in [0.15, 0.2) is 72.6 Å². The molecule has 0 bridgehead atoms. The first kappa shape index (κ1) is 22.7. The van der Waals surface area contributed by atoms with E-state index < -0.39 is 22.7 Å². The summed E-state index contributed by atoms with van der Waals surface area (Å²) in [7, 11) is 1.52. The largest absolute Gasteiger partial charge is 0.507 e. The summed E-state index contributed by atoms with van der Waals surface area (Å²) in [5.41, 5.74) is 1.73. The molecule has 34 heavy (non-hydrogen) atoms. The maximum atomic E-state index is 13.1. The molecule has 4 rings (SSSR count). The molecule has 0 unspecified atom stereocenters. The highest BCUT2D eigenvalue weighted by molar-refractivity contribution is 6.46. The van der Waals surface area contributed by atoms with Gasteiger partial charge in [-0.15, -0.1) is 0 Å². The van der Waals surface area contributed by atoms with Crippen molar-refractivity contribution in [1.82, 2.24) is 9.88 Å². The lowest BCUT2D eigenvalue weighted by Gasteiger charge is -2.25. The number of pyridine rings is 1. The highest BCUT2D eigenvalue weighted by Crippen LogP contribution is 2.41. The Balaban J connectivity index is 1.89. The lowest BCUT2D eigenvalue weighted by molar-refractivity contribution is -0.384. The van der Waals surface area contributed by atoms with Gasteiger partial charge < -0.3 is 14.7 Å². The van der Waals surface area contributed by atoms with Gasteiger partial charge in [-0.3, -0.25) is 24.7 Å². The smallest absolute Gasteiger partial charge is 0.295 e. The van der Waals surface area contributed by atoms with Gasteiger partial charge in [0.2, 0.25) is 0 Å². The molecule has 172 valence electrons. The summed E-state index contributed by atoms with van der Waals surface area (Å²) in [6.45, 7) is 1.82. The van der Waals surface area contributed by atoms with E-state index in [1.807, 2.05) is 0 Å². The third kappa shape index (κ3) is 4.11. The fraction of sp³-hybridized carbons (Fsp3) is 0.160. The van der Waals surface area contributed by atoms with E-state index in [4.69, 9.17) is 4.74 Å². The number of amides is 1. The van der Waals surface area contributed by atoms with Gasteiger partial charge in [0, 0.05) is 36.6 Å². The summed E-state index contributed by atoms with van der Waals surface area (Å²) < 4.78 is 5.26. The van der Waals surface area contributed by atoms with Crippen molar-refractivity contribution in [2.45, 2.75) is 19.5 Å².